The minimum absolute atomic E-state index is 0.202. The molecule has 2 N–H and O–H groups in total. The summed E-state index contributed by atoms with van der Waals surface area (Å²) in [6, 6.07) is 5.20. The van der Waals surface area contributed by atoms with Crippen LogP contribution in [0.4, 0.5) is 0 Å². The van der Waals surface area contributed by atoms with Gasteiger partial charge in [-0.1, -0.05) is 13.0 Å². The van der Waals surface area contributed by atoms with Crippen molar-refractivity contribution in [3.05, 3.63) is 23.8 Å². The van der Waals surface area contributed by atoms with Crippen molar-refractivity contribution in [2.45, 2.75) is 43.7 Å². The first-order valence-corrected chi connectivity index (χ1v) is 8.30. The monoisotopic (exact) mass is 298 g/mol. The Kier molecular flexibility index (Phi) is 4.36. The molecular formula is C14H22N2O3S. The summed E-state index contributed by atoms with van der Waals surface area (Å²) in [7, 11) is -2.04. The third-order valence-corrected chi connectivity index (χ3v) is 5.16. The van der Waals surface area contributed by atoms with Crippen LogP contribution in [-0.2, 0) is 16.6 Å². The van der Waals surface area contributed by atoms with Crippen LogP contribution in [0.15, 0.2) is 23.1 Å². The maximum Gasteiger partial charge on any atom is 0.244 e. The Labute approximate surface area is 120 Å². The van der Waals surface area contributed by atoms with Gasteiger partial charge in [-0.05, 0) is 44.0 Å². The molecule has 112 valence electrons. The van der Waals surface area contributed by atoms with Crippen LogP contribution in [-0.4, -0.2) is 27.6 Å². The lowest BCUT2D eigenvalue weighted by atomic mass is 10.2. The van der Waals surface area contributed by atoms with Gasteiger partial charge in [0.1, 0.15) is 10.6 Å². The molecule has 0 unspecified atom stereocenters. The second kappa shape index (κ2) is 5.71. The van der Waals surface area contributed by atoms with E-state index in [0.29, 0.717) is 12.3 Å². The van der Waals surface area contributed by atoms with E-state index in [-0.39, 0.29) is 10.4 Å². The number of benzene rings is 1. The Balaban J connectivity index is 2.26. The standard InChI is InChI=1S/C14H22N2O3S/c1-4-15-10-11-5-6-13(12(9-11)19-3)20(17,18)16-14(2)7-8-14/h5-6,9,15-16H,4,7-8,10H2,1-3H3. The molecule has 1 fully saturated rings. The van der Waals surface area contributed by atoms with E-state index < -0.39 is 10.0 Å². The first-order valence-electron chi connectivity index (χ1n) is 6.82. The molecule has 0 aromatic heterocycles. The molecule has 0 spiro atoms. The molecule has 0 aliphatic heterocycles. The van der Waals surface area contributed by atoms with Crippen LogP contribution < -0.4 is 14.8 Å². The molecule has 1 aliphatic carbocycles. The Morgan fingerprint density at radius 1 is 1.35 bits per heavy atom. The average Bonchev–Trinajstić information content (AvgIpc) is 3.12. The normalized spacial score (nSPS) is 16.9. The van der Waals surface area contributed by atoms with Crippen molar-refractivity contribution in [3.8, 4) is 5.75 Å². The maximum absolute atomic E-state index is 12.4. The van der Waals surface area contributed by atoms with Gasteiger partial charge in [0.05, 0.1) is 7.11 Å². The van der Waals surface area contributed by atoms with Crippen molar-refractivity contribution in [1.29, 1.82) is 0 Å². The largest absolute Gasteiger partial charge is 0.495 e. The first kappa shape index (κ1) is 15.3. The third-order valence-electron chi connectivity index (χ3n) is 3.48. The number of methoxy groups -OCH3 is 1. The maximum atomic E-state index is 12.4. The summed E-state index contributed by atoms with van der Waals surface area (Å²) < 4.78 is 32.7. The van der Waals surface area contributed by atoms with E-state index in [1.54, 1.807) is 12.1 Å². The Morgan fingerprint density at radius 3 is 2.60 bits per heavy atom. The van der Waals surface area contributed by atoms with Gasteiger partial charge in [0.25, 0.3) is 0 Å². The Morgan fingerprint density at radius 2 is 2.05 bits per heavy atom. The lowest BCUT2D eigenvalue weighted by Crippen LogP contribution is -2.34. The molecule has 0 atom stereocenters. The minimum Gasteiger partial charge on any atom is -0.495 e. The quantitative estimate of drug-likeness (QED) is 0.803. The summed E-state index contributed by atoms with van der Waals surface area (Å²) >= 11 is 0. The van der Waals surface area contributed by atoms with Crippen molar-refractivity contribution in [1.82, 2.24) is 10.0 Å². The van der Waals surface area contributed by atoms with Crippen LogP contribution in [0, 0.1) is 0 Å². The molecule has 2 rings (SSSR count). The highest BCUT2D eigenvalue weighted by atomic mass is 32.2. The summed E-state index contributed by atoms with van der Waals surface area (Å²) in [6.45, 7) is 5.49. The van der Waals surface area contributed by atoms with Crippen molar-refractivity contribution in [2.75, 3.05) is 13.7 Å². The van der Waals surface area contributed by atoms with Gasteiger partial charge in [0.2, 0.25) is 10.0 Å². The fourth-order valence-corrected chi connectivity index (χ4v) is 3.60. The smallest absolute Gasteiger partial charge is 0.244 e. The van der Waals surface area contributed by atoms with Gasteiger partial charge >= 0.3 is 0 Å². The number of hydrogen-bond donors (Lipinski definition) is 2. The molecule has 0 saturated heterocycles. The van der Waals surface area contributed by atoms with Crippen LogP contribution in [0.3, 0.4) is 0 Å². The zero-order valence-corrected chi connectivity index (χ0v) is 13.0. The van der Waals surface area contributed by atoms with Crippen molar-refractivity contribution in [3.63, 3.8) is 0 Å². The first-order chi connectivity index (χ1) is 9.40. The summed E-state index contributed by atoms with van der Waals surface area (Å²) in [6.07, 6.45) is 1.76. The van der Waals surface area contributed by atoms with Crippen LogP contribution in [0.25, 0.3) is 0 Å². The van der Waals surface area contributed by atoms with Crippen LogP contribution in [0.5, 0.6) is 5.75 Å². The summed E-state index contributed by atoms with van der Waals surface area (Å²) in [4.78, 5) is 0.202. The van der Waals surface area contributed by atoms with Gasteiger partial charge in [-0.3, -0.25) is 0 Å². The molecular weight excluding hydrogens is 276 g/mol. The van der Waals surface area contributed by atoms with Crippen molar-refractivity contribution >= 4 is 10.0 Å². The van der Waals surface area contributed by atoms with Gasteiger partial charge in [-0.15, -0.1) is 0 Å². The molecule has 0 bridgehead atoms. The predicted octanol–water partition coefficient (Wildman–Crippen LogP) is 1.64. The molecule has 5 nitrogen and oxygen atoms in total. The van der Waals surface area contributed by atoms with Gasteiger partial charge in [0, 0.05) is 12.1 Å². The highest BCUT2D eigenvalue weighted by Crippen LogP contribution is 2.37. The van der Waals surface area contributed by atoms with E-state index in [9.17, 15) is 8.42 Å². The molecule has 1 aromatic carbocycles. The average molecular weight is 298 g/mol. The molecule has 0 amide bonds. The number of nitrogens with one attached hydrogen (secondary N) is 2. The van der Waals surface area contributed by atoms with E-state index in [1.807, 2.05) is 19.9 Å². The number of rotatable bonds is 7. The summed E-state index contributed by atoms with van der Waals surface area (Å²) in [5, 5.41) is 3.20. The van der Waals surface area contributed by atoms with E-state index in [0.717, 1.165) is 24.9 Å². The Bertz CT molecular complexity index is 580. The molecule has 0 heterocycles. The molecule has 1 aliphatic rings. The minimum atomic E-state index is -3.53. The fraction of sp³-hybridized carbons (Fsp3) is 0.571. The lowest BCUT2D eigenvalue weighted by Gasteiger charge is -2.15. The van der Waals surface area contributed by atoms with E-state index in [4.69, 9.17) is 4.74 Å². The number of ether oxygens (including phenoxy) is 1. The highest BCUT2D eigenvalue weighted by Gasteiger charge is 2.41. The molecule has 6 heteroatoms. The summed E-state index contributed by atoms with van der Waals surface area (Å²) in [5.74, 6) is 0.386. The van der Waals surface area contributed by atoms with E-state index in [1.165, 1.54) is 7.11 Å². The number of hydrogen-bond acceptors (Lipinski definition) is 4. The van der Waals surface area contributed by atoms with Gasteiger partial charge < -0.3 is 10.1 Å². The molecule has 20 heavy (non-hydrogen) atoms. The summed E-state index contributed by atoms with van der Waals surface area (Å²) in [5.41, 5.74) is 0.715. The fourth-order valence-electron chi connectivity index (χ4n) is 1.98. The van der Waals surface area contributed by atoms with Crippen LogP contribution >= 0.6 is 0 Å². The van der Waals surface area contributed by atoms with Crippen LogP contribution in [0.1, 0.15) is 32.3 Å². The van der Waals surface area contributed by atoms with E-state index in [2.05, 4.69) is 10.0 Å². The van der Waals surface area contributed by atoms with Crippen molar-refractivity contribution < 1.29 is 13.2 Å². The second-order valence-electron chi connectivity index (χ2n) is 5.43. The van der Waals surface area contributed by atoms with Crippen LogP contribution in [0.2, 0.25) is 0 Å². The zero-order valence-electron chi connectivity index (χ0n) is 12.2. The van der Waals surface area contributed by atoms with E-state index >= 15 is 0 Å². The zero-order chi connectivity index (χ0) is 14.8. The molecule has 1 saturated carbocycles. The van der Waals surface area contributed by atoms with Crippen molar-refractivity contribution in [2.24, 2.45) is 0 Å². The third kappa shape index (κ3) is 3.50. The predicted molar refractivity (Wildman–Crippen MR) is 78.3 cm³/mol. The lowest BCUT2D eigenvalue weighted by molar-refractivity contribution is 0.401. The second-order valence-corrected chi connectivity index (χ2v) is 7.08. The molecule has 1 aromatic rings. The highest BCUT2D eigenvalue weighted by molar-refractivity contribution is 7.89. The van der Waals surface area contributed by atoms with Gasteiger partial charge in [-0.25, -0.2) is 13.1 Å². The SMILES string of the molecule is CCNCc1ccc(S(=O)(=O)NC2(C)CC2)c(OC)c1. The molecule has 0 radical (unpaired) electrons. The number of sulfonamides is 1. The van der Waals surface area contributed by atoms with Gasteiger partial charge in [0.15, 0.2) is 0 Å². The van der Waals surface area contributed by atoms with Gasteiger partial charge in [-0.2, -0.15) is 0 Å². The Hall–Kier alpha value is -1.11. The topological polar surface area (TPSA) is 67.4 Å².